The average molecular weight is 304 g/mol. The predicted molar refractivity (Wildman–Crippen MR) is 89.4 cm³/mol. The van der Waals surface area contributed by atoms with Crippen molar-refractivity contribution in [3.8, 4) is 5.75 Å². The number of nitrogens with zero attached hydrogens (tertiary/aromatic N) is 1. The number of benzene rings is 1. The lowest BCUT2D eigenvalue weighted by atomic mass is 10.00. The zero-order valence-corrected chi connectivity index (χ0v) is 14.0. The minimum Gasteiger partial charge on any atom is -0.493 e. The number of amides is 2. The van der Waals surface area contributed by atoms with E-state index in [1.807, 2.05) is 11.0 Å². The van der Waals surface area contributed by atoms with Gasteiger partial charge in [0.05, 0.1) is 6.61 Å². The molecule has 1 aliphatic rings. The van der Waals surface area contributed by atoms with E-state index < -0.39 is 0 Å². The molecule has 0 aromatic heterocycles. The van der Waals surface area contributed by atoms with Crippen molar-refractivity contribution in [2.45, 2.75) is 40.0 Å². The molecule has 1 N–H and O–H groups in total. The maximum Gasteiger partial charge on any atom is 0.317 e. The molecule has 0 spiro atoms. The van der Waals surface area contributed by atoms with Gasteiger partial charge in [0.2, 0.25) is 0 Å². The minimum absolute atomic E-state index is 0.0685. The number of hydrogen-bond donors (Lipinski definition) is 1. The van der Waals surface area contributed by atoms with Gasteiger partial charge < -0.3 is 15.0 Å². The van der Waals surface area contributed by atoms with Crippen LogP contribution in [0.25, 0.3) is 0 Å². The van der Waals surface area contributed by atoms with Crippen molar-refractivity contribution in [2.24, 2.45) is 5.92 Å². The third kappa shape index (κ3) is 4.65. The van der Waals surface area contributed by atoms with E-state index in [2.05, 4.69) is 38.2 Å². The van der Waals surface area contributed by atoms with E-state index in [1.165, 1.54) is 0 Å². The molecular weight excluding hydrogens is 276 g/mol. The maximum absolute atomic E-state index is 12.0. The Balaban J connectivity index is 1.64. The first-order chi connectivity index (χ1) is 10.6. The molecule has 4 heteroatoms. The number of aryl methyl sites for hydroxylation is 2. The van der Waals surface area contributed by atoms with Gasteiger partial charge in [-0.05, 0) is 50.2 Å². The van der Waals surface area contributed by atoms with Gasteiger partial charge in [0, 0.05) is 19.6 Å². The first-order valence-electron chi connectivity index (χ1n) is 8.29. The highest BCUT2D eigenvalue weighted by Crippen LogP contribution is 2.22. The van der Waals surface area contributed by atoms with E-state index in [0.717, 1.165) is 55.1 Å². The number of hydrogen-bond acceptors (Lipinski definition) is 2. The second-order valence-corrected chi connectivity index (χ2v) is 6.32. The van der Waals surface area contributed by atoms with Gasteiger partial charge in [-0.3, -0.25) is 0 Å². The van der Waals surface area contributed by atoms with E-state index in [1.54, 1.807) is 0 Å². The van der Waals surface area contributed by atoms with Crippen molar-refractivity contribution < 1.29 is 9.53 Å². The predicted octanol–water partition coefficient (Wildman–Crippen LogP) is 3.51. The molecule has 0 bridgehead atoms. The van der Waals surface area contributed by atoms with Crippen LogP contribution in [0.3, 0.4) is 0 Å². The molecule has 1 aliphatic heterocycles. The van der Waals surface area contributed by atoms with Crippen LogP contribution in [0, 0.1) is 19.8 Å². The summed E-state index contributed by atoms with van der Waals surface area (Å²) in [5, 5.41) is 2.99. The summed E-state index contributed by atoms with van der Waals surface area (Å²) in [6.45, 7) is 9.42. The molecule has 0 aliphatic carbocycles. The van der Waals surface area contributed by atoms with Gasteiger partial charge in [-0.15, -0.1) is 0 Å². The van der Waals surface area contributed by atoms with Crippen molar-refractivity contribution in [1.29, 1.82) is 0 Å². The number of likely N-dealkylation sites (tertiary alicyclic amines) is 1. The van der Waals surface area contributed by atoms with Gasteiger partial charge >= 0.3 is 6.03 Å². The molecule has 2 rings (SSSR count). The van der Waals surface area contributed by atoms with Crippen molar-refractivity contribution in [3.63, 3.8) is 0 Å². The lowest BCUT2D eigenvalue weighted by Gasteiger charge is -2.30. The first-order valence-corrected chi connectivity index (χ1v) is 8.29. The lowest BCUT2D eigenvalue weighted by molar-refractivity contribution is 0.173. The van der Waals surface area contributed by atoms with E-state index in [4.69, 9.17) is 4.74 Å². The average Bonchev–Trinajstić information content (AvgIpc) is 2.50. The SMILES string of the molecule is Cc1cccc(C)c1OCCCNC(=O)N1CCC(C)CC1. The van der Waals surface area contributed by atoms with E-state index in [-0.39, 0.29) is 6.03 Å². The Morgan fingerprint density at radius 1 is 1.27 bits per heavy atom. The van der Waals surface area contributed by atoms with Crippen molar-refractivity contribution in [3.05, 3.63) is 29.3 Å². The molecule has 1 heterocycles. The second-order valence-electron chi connectivity index (χ2n) is 6.32. The Bertz CT molecular complexity index is 474. The largest absolute Gasteiger partial charge is 0.493 e. The number of carbonyl (C=O) groups excluding carboxylic acids is 1. The lowest BCUT2D eigenvalue weighted by Crippen LogP contribution is -2.44. The fourth-order valence-electron chi connectivity index (χ4n) is 2.79. The molecule has 0 saturated carbocycles. The summed E-state index contributed by atoms with van der Waals surface area (Å²) in [7, 11) is 0. The third-order valence-electron chi connectivity index (χ3n) is 4.32. The van der Waals surface area contributed by atoms with Gasteiger partial charge in [0.1, 0.15) is 5.75 Å². The third-order valence-corrected chi connectivity index (χ3v) is 4.32. The topological polar surface area (TPSA) is 41.6 Å². The molecule has 1 aromatic rings. The maximum atomic E-state index is 12.0. The number of nitrogens with one attached hydrogen (secondary N) is 1. The highest BCUT2D eigenvalue weighted by atomic mass is 16.5. The van der Waals surface area contributed by atoms with Crippen LogP contribution in [-0.4, -0.2) is 37.2 Å². The van der Waals surface area contributed by atoms with Crippen LogP contribution in [0.5, 0.6) is 5.75 Å². The monoisotopic (exact) mass is 304 g/mol. The number of urea groups is 1. The smallest absolute Gasteiger partial charge is 0.317 e. The normalized spacial score (nSPS) is 15.7. The van der Waals surface area contributed by atoms with Crippen LogP contribution in [0.15, 0.2) is 18.2 Å². The number of piperidine rings is 1. The summed E-state index contributed by atoms with van der Waals surface area (Å²) < 4.78 is 5.84. The summed E-state index contributed by atoms with van der Waals surface area (Å²) in [6, 6.07) is 6.22. The standard InChI is InChI=1S/C18H28N2O2/c1-14-8-11-20(12-9-14)18(21)19-10-5-13-22-17-15(2)6-4-7-16(17)3/h4,6-7,14H,5,8-13H2,1-3H3,(H,19,21). The number of ether oxygens (including phenoxy) is 1. The van der Waals surface area contributed by atoms with Crippen LogP contribution in [0.4, 0.5) is 4.79 Å². The quantitative estimate of drug-likeness (QED) is 0.846. The summed E-state index contributed by atoms with van der Waals surface area (Å²) >= 11 is 0. The van der Waals surface area contributed by atoms with Gasteiger partial charge in [-0.1, -0.05) is 25.1 Å². The molecule has 0 unspecified atom stereocenters. The fourth-order valence-corrected chi connectivity index (χ4v) is 2.79. The van der Waals surface area contributed by atoms with E-state index in [9.17, 15) is 4.79 Å². The molecule has 2 amide bonds. The Kier molecular flexibility index (Phi) is 6.10. The zero-order valence-electron chi connectivity index (χ0n) is 14.0. The van der Waals surface area contributed by atoms with Crippen LogP contribution in [0.2, 0.25) is 0 Å². The van der Waals surface area contributed by atoms with Gasteiger partial charge in [-0.25, -0.2) is 4.79 Å². The van der Waals surface area contributed by atoms with Crippen LogP contribution in [-0.2, 0) is 0 Å². The Morgan fingerprint density at radius 2 is 1.91 bits per heavy atom. The Hall–Kier alpha value is -1.71. The number of rotatable bonds is 5. The first kappa shape index (κ1) is 16.7. The van der Waals surface area contributed by atoms with E-state index >= 15 is 0 Å². The molecular formula is C18H28N2O2. The number of para-hydroxylation sites is 1. The van der Waals surface area contributed by atoms with Crippen molar-refractivity contribution in [1.82, 2.24) is 10.2 Å². The van der Waals surface area contributed by atoms with Gasteiger partial charge in [-0.2, -0.15) is 0 Å². The van der Waals surface area contributed by atoms with Gasteiger partial charge in [0.15, 0.2) is 0 Å². The van der Waals surface area contributed by atoms with Crippen LogP contribution >= 0.6 is 0 Å². The van der Waals surface area contributed by atoms with E-state index in [0.29, 0.717) is 13.2 Å². The Morgan fingerprint density at radius 3 is 2.55 bits per heavy atom. The fraction of sp³-hybridized carbons (Fsp3) is 0.611. The van der Waals surface area contributed by atoms with Crippen LogP contribution in [0.1, 0.15) is 37.3 Å². The summed E-state index contributed by atoms with van der Waals surface area (Å²) in [5.41, 5.74) is 2.32. The summed E-state index contributed by atoms with van der Waals surface area (Å²) in [6.07, 6.45) is 3.05. The zero-order chi connectivity index (χ0) is 15.9. The Labute approximate surface area is 133 Å². The highest BCUT2D eigenvalue weighted by molar-refractivity contribution is 5.74. The molecule has 0 atom stereocenters. The molecule has 1 aromatic carbocycles. The highest BCUT2D eigenvalue weighted by Gasteiger charge is 2.19. The molecule has 1 saturated heterocycles. The molecule has 22 heavy (non-hydrogen) atoms. The van der Waals surface area contributed by atoms with Gasteiger partial charge in [0.25, 0.3) is 0 Å². The summed E-state index contributed by atoms with van der Waals surface area (Å²) in [5.74, 6) is 1.72. The molecule has 1 fully saturated rings. The molecule has 122 valence electrons. The van der Waals surface area contributed by atoms with Crippen molar-refractivity contribution >= 4 is 6.03 Å². The van der Waals surface area contributed by atoms with Crippen molar-refractivity contribution in [2.75, 3.05) is 26.2 Å². The summed E-state index contributed by atoms with van der Waals surface area (Å²) in [4.78, 5) is 13.9. The number of carbonyl (C=O) groups is 1. The van der Waals surface area contributed by atoms with Crippen LogP contribution < -0.4 is 10.1 Å². The molecule has 0 radical (unpaired) electrons. The second kappa shape index (κ2) is 8.06. The molecule has 4 nitrogen and oxygen atoms in total. The minimum atomic E-state index is 0.0685.